The molecule has 2 saturated heterocycles. The Morgan fingerprint density at radius 3 is 1.44 bits per heavy atom. The zero-order valence-electron chi connectivity index (χ0n) is 33.8. The molecule has 2 aliphatic rings. The number of hydrogen-bond acceptors (Lipinski definition) is 7. The van der Waals surface area contributed by atoms with Crippen LogP contribution in [0.15, 0.2) is 60.7 Å². The van der Waals surface area contributed by atoms with Gasteiger partial charge in [-0.1, -0.05) is 131 Å². The van der Waals surface area contributed by atoms with Crippen molar-refractivity contribution in [3.8, 4) is 35.5 Å². The zero-order chi connectivity index (χ0) is 41.3. The van der Waals surface area contributed by atoms with Crippen LogP contribution in [-0.4, -0.2) is 56.1 Å². The SMILES string of the molecule is CCC#CCI.CCC#CC[C@H](C)C(=O)N1C(=O)O[C@@H](c2ccccc2)[C@H]1C.CCC#CC[C@H](C)C(C)=O.CCC(=O)N1C(=O)O[C@@H](c2ccccc2)[C@H]1C. The van der Waals surface area contributed by atoms with Crippen LogP contribution in [0.1, 0.15) is 124 Å². The topological polar surface area (TPSA) is 110 Å². The molecule has 4 rings (SSSR count). The molecule has 0 aliphatic carbocycles. The minimum absolute atomic E-state index is 0.110. The number of halogens is 1. The van der Waals surface area contributed by atoms with Gasteiger partial charge in [0, 0.05) is 50.4 Å². The molecule has 0 spiro atoms. The molecule has 0 radical (unpaired) electrons. The average Bonchev–Trinajstić information content (AvgIpc) is 3.67. The Morgan fingerprint density at radius 1 is 0.655 bits per heavy atom. The van der Waals surface area contributed by atoms with Crippen molar-refractivity contribution >= 4 is 52.4 Å². The Labute approximate surface area is 342 Å². The number of carbonyl (C=O) groups is 5. The lowest BCUT2D eigenvalue weighted by Gasteiger charge is -2.21. The fraction of sp³-hybridized carbons (Fsp3) is 0.489. The molecule has 55 heavy (non-hydrogen) atoms. The van der Waals surface area contributed by atoms with Crippen LogP contribution in [0.3, 0.4) is 0 Å². The number of cyclic esters (lactones) is 2. The summed E-state index contributed by atoms with van der Waals surface area (Å²) < 4.78 is 11.6. The van der Waals surface area contributed by atoms with Crippen molar-refractivity contribution in [2.24, 2.45) is 11.8 Å². The Bertz CT molecular complexity index is 1700. The lowest BCUT2D eigenvalue weighted by molar-refractivity contribution is -0.132. The Hall–Kier alpha value is -4.60. The summed E-state index contributed by atoms with van der Waals surface area (Å²) >= 11 is 2.24. The van der Waals surface area contributed by atoms with Gasteiger partial charge in [0.25, 0.3) is 0 Å². The van der Waals surface area contributed by atoms with E-state index in [0.29, 0.717) is 19.3 Å². The number of hydrogen-bond donors (Lipinski definition) is 0. The van der Waals surface area contributed by atoms with E-state index in [1.165, 1.54) is 9.80 Å². The third-order valence-corrected chi connectivity index (χ3v) is 8.89. The molecule has 0 unspecified atom stereocenters. The third kappa shape index (κ3) is 16.3. The summed E-state index contributed by atoms with van der Waals surface area (Å²) in [6, 6.07) is 18.4. The Balaban J connectivity index is 0.000000405. The monoisotopic (exact) mass is 864 g/mol. The van der Waals surface area contributed by atoms with Gasteiger partial charge < -0.3 is 9.47 Å². The van der Waals surface area contributed by atoms with Gasteiger partial charge in [-0.25, -0.2) is 19.4 Å². The van der Waals surface area contributed by atoms with Crippen molar-refractivity contribution < 1.29 is 33.4 Å². The van der Waals surface area contributed by atoms with E-state index in [1.54, 1.807) is 20.8 Å². The van der Waals surface area contributed by atoms with Crippen molar-refractivity contribution in [2.45, 2.75) is 125 Å². The Morgan fingerprint density at radius 2 is 1.05 bits per heavy atom. The summed E-state index contributed by atoms with van der Waals surface area (Å²) in [6.45, 7) is 16.7. The number of benzene rings is 2. The van der Waals surface area contributed by atoms with E-state index in [2.05, 4.69) is 65.0 Å². The van der Waals surface area contributed by atoms with Crippen LogP contribution in [0.5, 0.6) is 0 Å². The fourth-order valence-corrected chi connectivity index (χ4v) is 5.51. The highest BCUT2D eigenvalue weighted by molar-refractivity contribution is 14.1. The van der Waals surface area contributed by atoms with Gasteiger partial charge in [0.15, 0.2) is 0 Å². The van der Waals surface area contributed by atoms with Crippen LogP contribution >= 0.6 is 22.6 Å². The van der Waals surface area contributed by atoms with Crippen molar-refractivity contribution in [2.75, 3.05) is 4.43 Å². The average molecular weight is 865 g/mol. The minimum atomic E-state index is -0.568. The number of ketones is 1. The van der Waals surface area contributed by atoms with Gasteiger partial charge in [0.2, 0.25) is 11.8 Å². The molecule has 9 nitrogen and oxygen atoms in total. The molecule has 0 aromatic heterocycles. The maximum Gasteiger partial charge on any atom is 0.417 e. The predicted octanol–water partition coefficient (Wildman–Crippen LogP) is 9.89. The van der Waals surface area contributed by atoms with Crippen LogP contribution in [-0.2, 0) is 23.9 Å². The first-order chi connectivity index (χ1) is 26.3. The molecule has 0 bridgehead atoms. The highest BCUT2D eigenvalue weighted by Crippen LogP contribution is 2.34. The number of imide groups is 2. The van der Waals surface area contributed by atoms with Gasteiger partial charge in [-0.2, -0.15) is 0 Å². The van der Waals surface area contributed by atoms with Crippen molar-refractivity contribution in [3.63, 3.8) is 0 Å². The van der Waals surface area contributed by atoms with E-state index in [9.17, 15) is 24.0 Å². The first-order valence-electron chi connectivity index (χ1n) is 18.9. The maximum absolute atomic E-state index is 12.5. The first-order valence-corrected chi connectivity index (χ1v) is 20.4. The van der Waals surface area contributed by atoms with Gasteiger partial charge in [-0.05, 0) is 31.9 Å². The van der Waals surface area contributed by atoms with Crippen LogP contribution in [0, 0.1) is 47.4 Å². The third-order valence-electron chi connectivity index (χ3n) is 8.51. The molecule has 4 amide bonds. The maximum atomic E-state index is 12.5. The van der Waals surface area contributed by atoms with Crippen molar-refractivity contribution in [1.29, 1.82) is 0 Å². The molecule has 2 heterocycles. The fourth-order valence-electron chi connectivity index (χ4n) is 5.24. The normalized spacial score (nSPS) is 18.8. The summed E-state index contributed by atoms with van der Waals surface area (Å²) in [5, 5.41) is 0. The van der Waals surface area contributed by atoms with E-state index >= 15 is 0 Å². The summed E-state index contributed by atoms with van der Waals surface area (Å²) in [4.78, 5) is 61.0. The van der Waals surface area contributed by atoms with E-state index in [4.69, 9.17) is 9.47 Å². The van der Waals surface area contributed by atoms with Gasteiger partial charge >= 0.3 is 12.2 Å². The van der Waals surface area contributed by atoms with Crippen LogP contribution < -0.4 is 0 Å². The van der Waals surface area contributed by atoms with Crippen LogP contribution in [0.25, 0.3) is 0 Å². The molecule has 10 heteroatoms. The molecule has 2 aromatic rings. The predicted molar refractivity (Wildman–Crippen MR) is 226 cm³/mol. The highest BCUT2D eigenvalue weighted by atomic mass is 127. The second-order valence-corrected chi connectivity index (χ2v) is 13.6. The molecule has 0 N–H and O–H groups in total. The minimum Gasteiger partial charge on any atom is -0.439 e. The van der Waals surface area contributed by atoms with Gasteiger partial charge in [0.05, 0.1) is 16.5 Å². The standard InChI is InChI=1S/C18H21NO3.C13H15NO3.C9H14O.C5H7I/c1-4-5-7-10-13(2)17(20)19-14(3)16(22-18(19)21)15-11-8-6-9-12-15;1-3-11(15)14-9(2)12(17-13(14)16)10-7-5-4-6-8-10;1-4-5-6-7-8(2)9(3)10;1-2-3-4-5-6/h6,8-9,11-14,16H,4,10H2,1-3H3;4-9,12H,3H2,1-2H3;8H,4,7H2,1-3H3;2,5H2,1H3/t13-,14+,16+;9-,12-;8-;/m010./s1. The second kappa shape index (κ2) is 27.1. The van der Waals surface area contributed by atoms with E-state index in [1.807, 2.05) is 95.3 Å². The lowest BCUT2D eigenvalue weighted by Crippen LogP contribution is -2.40. The molecular formula is C45H57IN2O7. The number of rotatable bonds is 7. The van der Waals surface area contributed by atoms with Gasteiger partial charge in [0.1, 0.15) is 18.0 Å². The summed E-state index contributed by atoms with van der Waals surface area (Å²) in [5.41, 5.74) is 1.82. The molecule has 6 atom stereocenters. The largest absolute Gasteiger partial charge is 0.439 e. The smallest absolute Gasteiger partial charge is 0.417 e. The first kappa shape index (κ1) is 48.4. The second-order valence-electron chi connectivity index (χ2n) is 12.8. The molecule has 2 fully saturated rings. The van der Waals surface area contributed by atoms with Crippen LogP contribution in [0.4, 0.5) is 9.59 Å². The lowest BCUT2D eigenvalue weighted by atomic mass is 10.0. The number of alkyl halides is 1. The van der Waals surface area contributed by atoms with E-state index < -0.39 is 18.3 Å². The van der Waals surface area contributed by atoms with Crippen molar-refractivity contribution in [1.82, 2.24) is 9.80 Å². The Kier molecular flexibility index (Phi) is 23.8. The number of nitrogens with zero attached hydrogens (tertiary/aromatic N) is 2. The van der Waals surface area contributed by atoms with Crippen molar-refractivity contribution in [3.05, 3.63) is 71.8 Å². The molecule has 2 aliphatic heterocycles. The van der Waals surface area contributed by atoms with Crippen LogP contribution in [0.2, 0.25) is 0 Å². The van der Waals surface area contributed by atoms with E-state index in [-0.39, 0.29) is 47.6 Å². The quantitative estimate of drug-likeness (QED) is 0.155. The summed E-state index contributed by atoms with van der Waals surface area (Å²) in [5.74, 6) is 17.3. The number of carbonyl (C=O) groups excluding carboxylic acids is 5. The molecular weight excluding hydrogens is 807 g/mol. The molecule has 296 valence electrons. The number of Topliss-reactive ketones (excluding diaryl/α,β-unsaturated/α-hetero) is 1. The van der Waals surface area contributed by atoms with Gasteiger partial charge in [-0.3, -0.25) is 14.4 Å². The zero-order valence-corrected chi connectivity index (χ0v) is 36.0. The number of amides is 4. The van der Waals surface area contributed by atoms with E-state index in [0.717, 1.165) is 34.8 Å². The summed E-state index contributed by atoms with van der Waals surface area (Å²) in [6.07, 6.45) is 2.22. The van der Waals surface area contributed by atoms with Gasteiger partial charge in [-0.15, -0.1) is 29.6 Å². The number of ether oxygens (including phenoxy) is 2. The summed E-state index contributed by atoms with van der Waals surface area (Å²) in [7, 11) is 0. The molecule has 2 aromatic carbocycles. The molecule has 0 saturated carbocycles. The highest BCUT2D eigenvalue weighted by Gasteiger charge is 2.44.